The Hall–Kier alpha value is -1.12. The van der Waals surface area contributed by atoms with Crippen LogP contribution in [0.15, 0.2) is 35.9 Å². The molecule has 1 aliphatic heterocycles. The molecular weight excluding hydrogens is 212 g/mol. The Morgan fingerprint density at radius 2 is 1.71 bits per heavy atom. The van der Waals surface area contributed by atoms with Gasteiger partial charge in [0, 0.05) is 12.8 Å². The molecule has 1 aromatic rings. The lowest BCUT2D eigenvalue weighted by atomic mass is 9.88. The molecule has 1 saturated carbocycles. The number of hydrogen-bond donors (Lipinski definition) is 0. The summed E-state index contributed by atoms with van der Waals surface area (Å²) < 4.78 is 19.7. The Morgan fingerprint density at radius 3 is 2.35 bits per heavy atom. The Morgan fingerprint density at radius 1 is 1.06 bits per heavy atom. The summed E-state index contributed by atoms with van der Waals surface area (Å²) >= 11 is 0. The van der Waals surface area contributed by atoms with Crippen LogP contribution in [-0.4, -0.2) is 19.0 Å². The molecule has 3 rings (SSSR count). The topological polar surface area (TPSA) is 18.5 Å². The highest BCUT2D eigenvalue weighted by Gasteiger charge is 2.38. The van der Waals surface area contributed by atoms with Gasteiger partial charge in [-0.15, -0.1) is 0 Å². The van der Waals surface area contributed by atoms with Crippen LogP contribution >= 0.6 is 0 Å². The van der Waals surface area contributed by atoms with E-state index in [0.717, 1.165) is 31.2 Å². The van der Waals surface area contributed by atoms with Crippen LogP contribution in [0.25, 0.3) is 6.05 Å². The highest BCUT2D eigenvalue weighted by Crippen LogP contribution is 2.38. The van der Waals surface area contributed by atoms with Gasteiger partial charge in [-0.25, -0.2) is 0 Å². The van der Waals surface area contributed by atoms with Crippen molar-refractivity contribution >= 4 is 6.05 Å². The predicted octanol–water partition coefficient (Wildman–Crippen LogP) is 3.39. The minimum Gasteiger partial charge on any atom is -0.348 e. The van der Waals surface area contributed by atoms with Crippen LogP contribution in [0.4, 0.5) is 0 Å². The van der Waals surface area contributed by atoms with Crippen LogP contribution in [0.3, 0.4) is 0 Å². The van der Waals surface area contributed by atoms with Gasteiger partial charge < -0.3 is 9.47 Å². The van der Waals surface area contributed by atoms with Crippen molar-refractivity contribution in [3.8, 4) is 0 Å². The average Bonchev–Trinajstić information content (AvgIpc) is 2.88. The molecule has 0 N–H and O–H groups in total. The molecule has 2 fully saturated rings. The largest absolute Gasteiger partial charge is 0.348 e. The Kier molecular flexibility index (Phi) is 2.69. The lowest BCUT2D eigenvalue weighted by Gasteiger charge is -2.32. The molecule has 1 aromatic carbocycles. The van der Waals surface area contributed by atoms with Gasteiger partial charge in [0.1, 0.15) is 0 Å². The number of benzene rings is 1. The van der Waals surface area contributed by atoms with Crippen molar-refractivity contribution in [2.45, 2.75) is 31.5 Å². The summed E-state index contributed by atoms with van der Waals surface area (Å²) in [5.74, 6) is -0.333. The van der Waals surface area contributed by atoms with Gasteiger partial charge in [0.05, 0.1) is 14.6 Å². The number of allylic oxidation sites excluding steroid dienone is 1. The smallest absolute Gasteiger partial charge is 0.169 e. The predicted molar refractivity (Wildman–Crippen MR) is 67.5 cm³/mol. The SMILES string of the molecule is [2H]C(=C1CCC2(CC1)OCCO2)c1ccccc1. The Bertz CT molecular complexity index is 435. The molecule has 2 aliphatic rings. The fraction of sp³-hybridized carbons (Fsp3) is 0.467. The van der Waals surface area contributed by atoms with Gasteiger partial charge in [-0.3, -0.25) is 0 Å². The van der Waals surface area contributed by atoms with Crippen molar-refractivity contribution < 1.29 is 10.8 Å². The third-order valence-corrected chi connectivity index (χ3v) is 3.52. The zero-order valence-electron chi connectivity index (χ0n) is 10.9. The molecular formula is C15H18O2. The lowest BCUT2D eigenvalue weighted by Crippen LogP contribution is -2.33. The quantitative estimate of drug-likeness (QED) is 0.737. The molecule has 17 heavy (non-hydrogen) atoms. The first kappa shape index (κ1) is 9.86. The summed E-state index contributed by atoms with van der Waals surface area (Å²) in [6.07, 6.45) is 3.59. The Labute approximate surface area is 104 Å². The monoisotopic (exact) mass is 231 g/mol. The highest BCUT2D eigenvalue weighted by atomic mass is 16.7. The molecule has 0 unspecified atom stereocenters. The fourth-order valence-corrected chi connectivity index (χ4v) is 2.57. The van der Waals surface area contributed by atoms with Crippen LogP contribution < -0.4 is 0 Å². The van der Waals surface area contributed by atoms with Crippen LogP contribution in [0, 0.1) is 0 Å². The van der Waals surface area contributed by atoms with Crippen molar-refractivity contribution in [1.82, 2.24) is 0 Å². The number of ether oxygens (including phenoxy) is 2. The van der Waals surface area contributed by atoms with Crippen LogP contribution in [-0.2, 0) is 9.47 Å². The van der Waals surface area contributed by atoms with E-state index in [1.807, 2.05) is 30.3 Å². The molecule has 1 heterocycles. The van der Waals surface area contributed by atoms with Crippen molar-refractivity contribution in [3.05, 3.63) is 41.5 Å². The first-order chi connectivity index (χ1) is 8.79. The maximum Gasteiger partial charge on any atom is 0.169 e. The summed E-state index contributed by atoms with van der Waals surface area (Å²) in [6.45, 7) is 1.43. The first-order valence-electron chi connectivity index (χ1n) is 6.81. The van der Waals surface area contributed by atoms with Crippen LogP contribution in [0.5, 0.6) is 0 Å². The standard InChI is InChI=1S/C15H18O2/c1-2-4-13(5-3-1)12-14-6-8-15(9-7-14)16-10-11-17-15/h1-5,12H,6-11H2/i12D. The average molecular weight is 231 g/mol. The van der Waals surface area contributed by atoms with E-state index in [1.165, 1.54) is 5.57 Å². The third-order valence-electron chi connectivity index (χ3n) is 3.52. The zero-order chi connectivity index (χ0) is 12.4. The minimum absolute atomic E-state index is 0.333. The van der Waals surface area contributed by atoms with E-state index in [2.05, 4.69) is 0 Å². The summed E-state index contributed by atoms with van der Waals surface area (Å²) in [4.78, 5) is 0. The van der Waals surface area contributed by atoms with Crippen molar-refractivity contribution in [2.75, 3.05) is 13.2 Å². The summed E-state index contributed by atoms with van der Waals surface area (Å²) in [5, 5.41) is 0. The van der Waals surface area contributed by atoms with E-state index in [9.17, 15) is 0 Å². The number of rotatable bonds is 1. The normalized spacial score (nSPS) is 23.8. The van der Waals surface area contributed by atoms with E-state index in [0.29, 0.717) is 19.3 Å². The minimum atomic E-state index is -0.333. The second-order valence-electron chi connectivity index (χ2n) is 4.70. The van der Waals surface area contributed by atoms with Crippen molar-refractivity contribution in [1.29, 1.82) is 0 Å². The van der Waals surface area contributed by atoms with E-state index < -0.39 is 0 Å². The van der Waals surface area contributed by atoms with Gasteiger partial charge >= 0.3 is 0 Å². The molecule has 0 amide bonds. The van der Waals surface area contributed by atoms with Crippen molar-refractivity contribution in [3.63, 3.8) is 0 Å². The van der Waals surface area contributed by atoms with Crippen LogP contribution in [0.2, 0.25) is 0 Å². The maximum absolute atomic E-state index is 8.26. The Balaban J connectivity index is 1.75. The summed E-state index contributed by atoms with van der Waals surface area (Å²) in [6, 6.07) is 10.6. The third kappa shape index (κ3) is 2.43. The molecule has 1 saturated heterocycles. The van der Waals surface area contributed by atoms with Gasteiger partial charge in [0.15, 0.2) is 5.79 Å². The van der Waals surface area contributed by atoms with E-state index in [4.69, 9.17) is 10.8 Å². The second-order valence-corrected chi connectivity index (χ2v) is 4.70. The van der Waals surface area contributed by atoms with Gasteiger partial charge in [0.25, 0.3) is 0 Å². The maximum atomic E-state index is 8.26. The molecule has 1 spiro atoms. The summed E-state index contributed by atoms with van der Waals surface area (Å²) in [7, 11) is 0. The molecule has 0 radical (unpaired) electrons. The van der Waals surface area contributed by atoms with Crippen LogP contribution in [0.1, 0.15) is 32.6 Å². The first-order valence-corrected chi connectivity index (χ1v) is 6.31. The van der Waals surface area contributed by atoms with Gasteiger partial charge in [-0.1, -0.05) is 42.0 Å². The second kappa shape index (κ2) is 4.63. The van der Waals surface area contributed by atoms with Gasteiger partial charge in [-0.2, -0.15) is 0 Å². The highest BCUT2D eigenvalue weighted by molar-refractivity contribution is 5.52. The van der Waals surface area contributed by atoms with Gasteiger partial charge in [-0.05, 0) is 18.4 Å². The molecule has 2 heteroatoms. The van der Waals surface area contributed by atoms with E-state index >= 15 is 0 Å². The van der Waals surface area contributed by atoms with Crippen molar-refractivity contribution in [2.24, 2.45) is 0 Å². The molecule has 2 nitrogen and oxygen atoms in total. The summed E-state index contributed by atoms with van der Waals surface area (Å²) in [5.41, 5.74) is 2.24. The molecule has 0 bridgehead atoms. The van der Waals surface area contributed by atoms with E-state index in [-0.39, 0.29) is 5.79 Å². The molecule has 0 atom stereocenters. The molecule has 1 aliphatic carbocycles. The lowest BCUT2D eigenvalue weighted by molar-refractivity contribution is -0.171. The fourth-order valence-electron chi connectivity index (χ4n) is 2.57. The molecule has 90 valence electrons. The number of hydrogen-bond acceptors (Lipinski definition) is 2. The van der Waals surface area contributed by atoms with Gasteiger partial charge in [0.2, 0.25) is 0 Å². The molecule has 0 aromatic heterocycles. The van der Waals surface area contributed by atoms with E-state index in [1.54, 1.807) is 0 Å². The zero-order valence-corrected chi connectivity index (χ0v) is 9.95.